The van der Waals surface area contributed by atoms with Gasteiger partial charge in [-0.2, -0.15) is 0 Å². The standard InChI is InChI=1S/C19H28N4OS.HI/c1-13(2)12-24-17-8-6-7-16(9-17)10-21-19(20-5)22-11-18-14(3)23-15(4)25-18;/h6-9,13H,10-12H2,1-5H3,(H2,20,21,22);1H. The van der Waals surface area contributed by atoms with E-state index in [0.717, 1.165) is 41.1 Å². The lowest BCUT2D eigenvalue weighted by molar-refractivity contribution is 0.271. The van der Waals surface area contributed by atoms with Crippen LogP contribution in [0.15, 0.2) is 29.3 Å². The Balaban J connectivity index is 0.00000338. The number of hydrogen-bond donors (Lipinski definition) is 2. The summed E-state index contributed by atoms with van der Waals surface area (Å²) in [5, 5.41) is 7.78. The smallest absolute Gasteiger partial charge is 0.191 e. The summed E-state index contributed by atoms with van der Waals surface area (Å²) in [5.74, 6) is 2.20. The van der Waals surface area contributed by atoms with E-state index in [1.54, 1.807) is 18.4 Å². The van der Waals surface area contributed by atoms with Gasteiger partial charge in [0.15, 0.2) is 5.96 Å². The number of ether oxygens (including phenoxy) is 1. The van der Waals surface area contributed by atoms with Crippen molar-refractivity contribution in [2.24, 2.45) is 10.9 Å². The highest BCUT2D eigenvalue weighted by atomic mass is 127. The number of hydrogen-bond acceptors (Lipinski definition) is 4. The van der Waals surface area contributed by atoms with Crippen molar-refractivity contribution in [2.45, 2.75) is 40.8 Å². The number of thiazole rings is 1. The number of rotatable bonds is 7. The van der Waals surface area contributed by atoms with Crippen LogP contribution in [-0.4, -0.2) is 24.6 Å². The zero-order chi connectivity index (χ0) is 18.2. The van der Waals surface area contributed by atoms with E-state index < -0.39 is 0 Å². The molecule has 0 fully saturated rings. The van der Waals surface area contributed by atoms with Crippen LogP contribution in [0.4, 0.5) is 0 Å². The van der Waals surface area contributed by atoms with Gasteiger partial charge < -0.3 is 15.4 Å². The van der Waals surface area contributed by atoms with E-state index in [0.29, 0.717) is 12.5 Å². The number of nitrogens with one attached hydrogen (secondary N) is 2. The molecule has 0 amide bonds. The van der Waals surface area contributed by atoms with Gasteiger partial charge in [-0.3, -0.25) is 4.99 Å². The lowest BCUT2D eigenvalue weighted by Crippen LogP contribution is -2.36. The molecule has 0 aliphatic heterocycles. The second kappa shape index (κ2) is 11.4. The average molecular weight is 488 g/mol. The van der Waals surface area contributed by atoms with E-state index in [-0.39, 0.29) is 24.0 Å². The molecule has 26 heavy (non-hydrogen) atoms. The molecule has 2 N–H and O–H groups in total. The number of halogens is 1. The molecule has 0 unspecified atom stereocenters. The second-order valence-electron chi connectivity index (χ2n) is 6.37. The van der Waals surface area contributed by atoms with Crippen LogP contribution in [-0.2, 0) is 13.1 Å². The highest BCUT2D eigenvalue weighted by Crippen LogP contribution is 2.16. The molecule has 0 aliphatic carbocycles. The summed E-state index contributed by atoms with van der Waals surface area (Å²) in [6.07, 6.45) is 0. The lowest BCUT2D eigenvalue weighted by Gasteiger charge is -2.13. The number of aliphatic imine (C=N–C) groups is 1. The largest absolute Gasteiger partial charge is 0.493 e. The van der Waals surface area contributed by atoms with E-state index in [9.17, 15) is 0 Å². The minimum atomic E-state index is 0. The molecule has 1 aromatic heterocycles. The number of nitrogens with zero attached hydrogens (tertiary/aromatic N) is 2. The Bertz CT molecular complexity index is 715. The van der Waals surface area contributed by atoms with Crippen molar-refractivity contribution < 1.29 is 4.74 Å². The van der Waals surface area contributed by atoms with Crippen molar-refractivity contribution in [3.8, 4) is 5.75 Å². The number of aryl methyl sites for hydroxylation is 2. The number of benzene rings is 1. The molecule has 0 spiro atoms. The highest BCUT2D eigenvalue weighted by Gasteiger charge is 2.06. The predicted octanol–water partition coefficient (Wildman–Crippen LogP) is 4.28. The van der Waals surface area contributed by atoms with Crippen LogP contribution in [0.3, 0.4) is 0 Å². The van der Waals surface area contributed by atoms with Crippen molar-refractivity contribution in [2.75, 3.05) is 13.7 Å². The van der Waals surface area contributed by atoms with Gasteiger partial charge in [0.25, 0.3) is 0 Å². The molecule has 2 aromatic rings. The fourth-order valence-electron chi connectivity index (χ4n) is 2.32. The van der Waals surface area contributed by atoms with Gasteiger partial charge in [0, 0.05) is 18.5 Å². The molecule has 5 nitrogen and oxygen atoms in total. The number of guanidine groups is 1. The molecule has 2 rings (SSSR count). The molecule has 7 heteroatoms. The first-order valence-corrected chi connectivity index (χ1v) is 9.38. The van der Waals surface area contributed by atoms with Crippen LogP contribution >= 0.6 is 35.3 Å². The molecule has 0 atom stereocenters. The zero-order valence-electron chi connectivity index (χ0n) is 16.1. The van der Waals surface area contributed by atoms with Gasteiger partial charge in [-0.05, 0) is 37.5 Å². The molecule has 1 heterocycles. The average Bonchev–Trinajstić information content (AvgIpc) is 2.91. The Hall–Kier alpha value is -1.35. The number of aromatic nitrogens is 1. The fraction of sp³-hybridized carbons (Fsp3) is 0.474. The maximum absolute atomic E-state index is 5.78. The minimum Gasteiger partial charge on any atom is -0.493 e. The van der Waals surface area contributed by atoms with Crippen LogP contribution in [0.5, 0.6) is 5.75 Å². The molecule has 0 saturated heterocycles. The van der Waals surface area contributed by atoms with E-state index >= 15 is 0 Å². The van der Waals surface area contributed by atoms with Gasteiger partial charge >= 0.3 is 0 Å². The van der Waals surface area contributed by atoms with Crippen LogP contribution in [0, 0.1) is 19.8 Å². The third kappa shape index (κ3) is 7.49. The van der Waals surface area contributed by atoms with Gasteiger partial charge in [-0.15, -0.1) is 35.3 Å². The Morgan fingerprint density at radius 2 is 1.96 bits per heavy atom. The topological polar surface area (TPSA) is 58.5 Å². The fourth-order valence-corrected chi connectivity index (χ4v) is 3.19. The summed E-state index contributed by atoms with van der Waals surface area (Å²) >= 11 is 1.72. The Morgan fingerprint density at radius 3 is 2.58 bits per heavy atom. The monoisotopic (exact) mass is 488 g/mol. The van der Waals surface area contributed by atoms with Gasteiger partial charge in [-0.25, -0.2) is 4.98 Å². The third-order valence-electron chi connectivity index (χ3n) is 3.58. The lowest BCUT2D eigenvalue weighted by atomic mass is 10.2. The third-order valence-corrected chi connectivity index (χ3v) is 4.65. The summed E-state index contributed by atoms with van der Waals surface area (Å²) in [6, 6.07) is 8.17. The van der Waals surface area contributed by atoms with Crippen LogP contribution in [0.1, 0.15) is 35.0 Å². The molecular formula is C19H29IN4OS. The first-order valence-electron chi connectivity index (χ1n) is 8.57. The van der Waals surface area contributed by atoms with E-state index in [1.807, 2.05) is 26.0 Å². The first kappa shape index (κ1) is 22.7. The maximum atomic E-state index is 5.78. The highest BCUT2D eigenvalue weighted by molar-refractivity contribution is 14.0. The SMILES string of the molecule is CN=C(NCc1cccc(OCC(C)C)c1)NCc1sc(C)nc1C.I. The van der Waals surface area contributed by atoms with E-state index in [2.05, 4.69) is 46.6 Å². The minimum absolute atomic E-state index is 0. The zero-order valence-corrected chi connectivity index (χ0v) is 19.3. The Labute approximate surface area is 177 Å². The molecular weight excluding hydrogens is 459 g/mol. The van der Waals surface area contributed by atoms with Crippen molar-refractivity contribution >= 4 is 41.3 Å². The maximum Gasteiger partial charge on any atom is 0.191 e. The molecule has 0 aliphatic rings. The molecule has 0 saturated carbocycles. The summed E-state index contributed by atoms with van der Waals surface area (Å²) in [4.78, 5) is 9.98. The van der Waals surface area contributed by atoms with Gasteiger partial charge in [0.05, 0.1) is 23.9 Å². The molecule has 0 radical (unpaired) electrons. The quantitative estimate of drug-likeness (QED) is 0.347. The summed E-state index contributed by atoms with van der Waals surface area (Å²) in [7, 11) is 1.78. The van der Waals surface area contributed by atoms with Gasteiger partial charge in [0.1, 0.15) is 5.75 Å². The van der Waals surface area contributed by atoms with Gasteiger partial charge in [0.2, 0.25) is 0 Å². The van der Waals surface area contributed by atoms with Crippen LogP contribution in [0.2, 0.25) is 0 Å². The van der Waals surface area contributed by atoms with Crippen LogP contribution < -0.4 is 15.4 Å². The van der Waals surface area contributed by atoms with E-state index in [1.165, 1.54) is 4.88 Å². The Kier molecular flexibility index (Phi) is 9.93. The molecule has 144 valence electrons. The summed E-state index contributed by atoms with van der Waals surface area (Å²) in [5.41, 5.74) is 2.24. The molecule has 1 aromatic carbocycles. The summed E-state index contributed by atoms with van der Waals surface area (Å²) < 4.78 is 5.78. The van der Waals surface area contributed by atoms with Crippen molar-refractivity contribution in [1.82, 2.24) is 15.6 Å². The Morgan fingerprint density at radius 1 is 1.23 bits per heavy atom. The van der Waals surface area contributed by atoms with Gasteiger partial charge in [-0.1, -0.05) is 26.0 Å². The second-order valence-corrected chi connectivity index (χ2v) is 7.66. The first-order chi connectivity index (χ1) is 12.0. The van der Waals surface area contributed by atoms with Crippen LogP contribution in [0.25, 0.3) is 0 Å². The predicted molar refractivity (Wildman–Crippen MR) is 121 cm³/mol. The van der Waals surface area contributed by atoms with Crippen molar-refractivity contribution in [3.63, 3.8) is 0 Å². The summed E-state index contributed by atoms with van der Waals surface area (Å²) in [6.45, 7) is 10.5. The normalized spacial score (nSPS) is 11.2. The van der Waals surface area contributed by atoms with Crippen molar-refractivity contribution in [1.29, 1.82) is 0 Å². The van der Waals surface area contributed by atoms with E-state index in [4.69, 9.17) is 4.74 Å². The van der Waals surface area contributed by atoms with Crippen molar-refractivity contribution in [3.05, 3.63) is 45.4 Å². The molecule has 0 bridgehead atoms.